The van der Waals surface area contributed by atoms with Crippen LogP contribution >= 0.6 is 0 Å². The Balaban J connectivity index is 0.951. The van der Waals surface area contributed by atoms with Crippen LogP contribution in [-0.4, -0.2) is 243 Å². The monoisotopic (exact) mass is 1120 g/mol. The first kappa shape index (κ1) is 62.9. The lowest BCUT2D eigenvalue weighted by molar-refractivity contribution is -0.388. The van der Waals surface area contributed by atoms with E-state index in [0.717, 1.165) is 19.3 Å². The number of ether oxygens (including phenoxy) is 8. The van der Waals surface area contributed by atoms with Gasteiger partial charge in [-0.3, -0.25) is 0 Å². The van der Waals surface area contributed by atoms with Crippen molar-refractivity contribution in [3.05, 3.63) is 11.6 Å². The van der Waals surface area contributed by atoms with Crippen molar-refractivity contribution >= 4 is 0 Å². The average molecular weight is 1120 g/mol. The van der Waals surface area contributed by atoms with Crippen LogP contribution in [-0.2, 0) is 37.9 Å². The van der Waals surface area contributed by atoms with Crippen molar-refractivity contribution in [2.45, 2.75) is 267 Å². The third-order valence-electron chi connectivity index (χ3n) is 21.0. The van der Waals surface area contributed by atoms with Gasteiger partial charge in [-0.1, -0.05) is 60.1 Å². The van der Waals surface area contributed by atoms with E-state index >= 15 is 0 Å². The normalized spacial score (nSPS) is 51.4. The molecule has 4 saturated heterocycles. The molecule has 0 radical (unpaired) electrons. The van der Waals surface area contributed by atoms with Gasteiger partial charge in [-0.2, -0.15) is 0 Å². The van der Waals surface area contributed by atoms with Crippen molar-refractivity contribution in [1.29, 1.82) is 0 Å². The van der Waals surface area contributed by atoms with Gasteiger partial charge in [0, 0.05) is 10.8 Å². The van der Waals surface area contributed by atoms with Crippen molar-refractivity contribution in [3.8, 4) is 0 Å². The predicted molar refractivity (Wildman–Crippen MR) is 271 cm³/mol. The lowest BCUT2D eigenvalue weighted by atomic mass is 9.38. The van der Waals surface area contributed by atoms with E-state index in [1.54, 1.807) is 20.8 Å². The highest BCUT2D eigenvalue weighted by molar-refractivity contribution is 5.32. The van der Waals surface area contributed by atoms with Crippen LogP contribution in [0.2, 0.25) is 0 Å². The largest absolute Gasteiger partial charge is 0.394 e. The molecule has 0 aromatic carbocycles. The molecule has 23 heteroatoms. The molecule has 0 amide bonds. The van der Waals surface area contributed by atoms with Gasteiger partial charge >= 0.3 is 0 Å². The molecule has 78 heavy (non-hydrogen) atoms. The molecule has 0 aromatic heterocycles. The van der Waals surface area contributed by atoms with E-state index in [1.165, 1.54) is 5.57 Å². The highest BCUT2D eigenvalue weighted by Gasteiger charge is 2.70. The second-order valence-corrected chi connectivity index (χ2v) is 26.1. The summed E-state index contributed by atoms with van der Waals surface area (Å²) in [4.78, 5) is 0. The zero-order chi connectivity index (χ0) is 57.5. The SMILES string of the molecule is CC[C@H]1O[C@H](O[C@@H]2[C@@H](O)[C@H](O)[C@@H](O[C@H]3[C@H](O[C@H](CC[C@@H](C)C4CC[C@@]5(C)C6CC=C7C(CC[C@H](O[C@@H]8O[C@H](CO)[C@@H](O)[C@H](O)[C@H]8O)C7(C)C)[C@]6(C)[C@H](O)C[C@]45C)C(C)(C)O)O[C@H](CO)[C@@H](O)[C@@H]3O)O[C@H]2CO)[C@H](O)[C@@H](O)[C@@H]1O. The van der Waals surface area contributed by atoms with Gasteiger partial charge in [-0.15, -0.1) is 0 Å². The Morgan fingerprint density at radius 2 is 1.09 bits per heavy atom. The van der Waals surface area contributed by atoms with Gasteiger partial charge in [0.2, 0.25) is 0 Å². The number of hydrogen-bond acceptors (Lipinski definition) is 23. The van der Waals surface area contributed by atoms with Crippen LogP contribution in [0.3, 0.4) is 0 Å². The molecule has 15 N–H and O–H groups in total. The zero-order valence-corrected chi connectivity index (χ0v) is 46.6. The van der Waals surface area contributed by atoms with Crippen LogP contribution in [0.25, 0.3) is 0 Å². The fraction of sp³-hybridized carbons (Fsp3) is 0.964. The fourth-order valence-corrected chi connectivity index (χ4v) is 15.9. The molecule has 4 aliphatic heterocycles. The first-order valence-electron chi connectivity index (χ1n) is 28.4. The Labute approximate surface area is 457 Å². The van der Waals surface area contributed by atoms with Gasteiger partial charge in [0.25, 0.3) is 0 Å². The number of hydrogen-bond donors (Lipinski definition) is 15. The molecule has 4 heterocycles. The van der Waals surface area contributed by atoms with E-state index in [0.29, 0.717) is 25.7 Å². The van der Waals surface area contributed by atoms with Crippen LogP contribution in [0.4, 0.5) is 0 Å². The fourth-order valence-electron chi connectivity index (χ4n) is 15.9. The summed E-state index contributed by atoms with van der Waals surface area (Å²) in [6.45, 7) is 15.9. The zero-order valence-electron chi connectivity index (χ0n) is 46.6. The molecule has 4 aliphatic carbocycles. The molecular formula is C55H94O23. The highest BCUT2D eigenvalue weighted by Crippen LogP contribution is 2.75. The molecule has 0 bridgehead atoms. The summed E-state index contributed by atoms with van der Waals surface area (Å²) in [6.07, 6.45) is -25.9. The third kappa shape index (κ3) is 10.9. The minimum absolute atomic E-state index is 0.0240. The number of rotatable bonds is 17. The van der Waals surface area contributed by atoms with Crippen LogP contribution in [0, 0.1) is 45.3 Å². The molecule has 7 fully saturated rings. The third-order valence-corrected chi connectivity index (χ3v) is 21.0. The van der Waals surface area contributed by atoms with Crippen molar-refractivity contribution in [1.82, 2.24) is 0 Å². The van der Waals surface area contributed by atoms with Crippen molar-refractivity contribution in [2.24, 2.45) is 45.3 Å². The van der Waals surface area contributed by atoms with E-state index in [1.807, 2.05) is 0 Å². The minimum atomic E-state index is -1.97. The molecular weight excluding hydrogens is 1030 g/mol. The van der Waals surface area contributed by atoms with Gasteiger partial charge in [-0.25, -0.2) is 0 Å². The Kier molecular flexibility index (Phi) is 19.1. The van der Waals surface area contributed by atoms with E-state index in [4.69, 9.17) is 37.9 Å². The summed E-state index contributed by atoms with van der Waals surface area (Å²) in [5.41, 5.74) is -1.91. The van der Waals surface area contributed by atoms with Gasteiger partial charge in [0.05, 0.1) is 49.8 Å². The quantitative estimate of drug-likeness (QED) is 0.0714. The summed E-state index contributed by atoms with van der Waals surface area (Å²) in [7, 11) is 0. The summed E-state index contributed by atoms with van der Waals surface area (Å²) in [5.74, 6) is 0.331. The highest BCUT2D eigenvalue weighted by atomic mass is 16.8. The second kappa shape index (κ2) is 23.7. The number of aliphatic hydroxyl groups excluding tert-OH is 14. The number of allylic oxidation sites excluding steroid dienone is 1. The van der Waals surface area contributed by atoms with Crippen LogP contribution < -0.4 is 0 Å². The second-order valence-electron chi connectivity index (χ2n) is 26.1. The lowest BCUT2D eigenvalue weighted by Crippen LogP contribution is -2.66. The Morgan fingerprint density at radius 3 is 1.67 bits per heavy atom. The van der Waals surface area contributed by atoms with Crippen molar-refractivity contribution in [3.63, 3.8) is 0 Å². The molecule has 452 valence electrons. The molecule has 3 saturated carbocycles. The van der Waals surface area contributed by atoms with Gasteiger partial charge in [0.15, 0.2) is 25.2 Å². The summed E-state index contributed by atoms with van der Waals surface area (Å²) in [6, 6.07) is 0. The number of fused-ring (bicyclic) bond motifs is 5. The Hall–Kier alpha value is -1.18. The smallest absolute Gasteiger partial charge is 0.187 e. The molecule has 3 unspecified atom stereocenters. The van der Waals surface area contributed by atoms with Gasteiger partial charge in [0.1, 0.15) is 91.6 Å². The summed E-state index contributed by atoms with van der Waals surface area (Å²) < 4.78 is 48.1. The first-order chi connectivity index (χ1) is 36.5. The molecule has 0 spiro atoms. The maximum absolute atomic E-state index is 12.7. The molecule has 8 aliphatic rings. The average Bonchev–Trinajstić information content (AvgIpc) is 2.48. The maximum atomic E-state index is 12.7. The Morgan fingerprint density at radius 1 is 0.590 bits per heavy atom. The van der Waals surface area contributed by atoms with Crippen LogP contribution in [0.5, 0.6) is 0 Å². The van der Waals surface area contributed by atoms with Gasteiger partial charge < -0.3 is 114 Å². The predicted octanol–water partition coefficient (Wildman–Crippen LogP) is -1.81. The van der Waals surface area contributed by atoms with Crippen LogP contribution in [0.15, 0.2) is 11.6 Å². The van der Waals surface area contributed by atoms with E-state index in [2.05, 4.69) is 47.6 Å². The lowest BCUT2D eigenvalue weighted by Gasteiger charge is -2.67. The van der Waals surface area contributed by atoms with Crippen molar-refractivity contribution < 1.29 is 114 Å². The molecule has 0 aromatic rings. The molecule has 8 rings (SSSR count). The van der Waals surface area contributed by atoms with E-state index in [-0.39, 0.29) is 47.3 Å². The topological polar surface area (TPSA) is 377 Å². The molecule has 23 nitrogen and oxygen atoms in total. The molecule has 30 atom stereocenters. The summed E-state index contributed by atoms with van der Waals surface area (Å²) in [5, 5.41) is 163. The van der Waals surface area contributed by atoms with E-state index < -0.39 is 177 Å². The summed E-state index contributed by atoms with van der Waals surface area (Å²) >= 11 is 0. The van der Waals surface area contributed by atoms with Crippen LogP contribution in [0.1, 0.15) is 120 Å². The van der Waals surface area contributed by atoms with E-state index in [9.17, 15) is 76.6 Å². The standard InChI is InChI=1S/C55H94O23/c1-10-27-35(60)38(63)43(68)48(71-27)77-45-30(22-58)74-49(44(69)41(45)66)78-46-40(65)37(62)29(21-57)73-50(46)76-34(52(5,6)70)15-11-23(2)24-17-18-53(7)31-14-12-25-26(55(31,9)32(59)19-54(24,53)8)13-16-33(51(25,3)4)75-47-42(67)39(64)36(61)28(20-56)72-47/h12,23-24,26-50,56-70H,10-11,13-22H2,1-9H3/t23-,24?,26?,27-,28-,29-,30+,31?,32-,33+,34-,35-,36-,37-,38+,39+,40+,41+,42-,43-,44+,45+,46-,47+,48-,49-,50+,53+,54-,55+/m1/s1. The van der Waals surface area contributed by atoms with Crippen molar-refractivity contribution in [2.75, 3.05) is 19.8 Å². The Bertz CT molecular complexity index is 2020. The first-order valence-corrected chi connectivity index (χ1v) is 28.4. The maximum Gasteiger partial charge on any atom is 0.187 e. The van der Waals surface area contributed by atoms with Gasteiger partial charge in [-0.05, 0) is 106 Å². The number of aliphatic hydroxyl groups is 15. The minimum Gasteiger partial charge on any atom is -0.394 e.